The lowest BCUT2D eigenvalue weighted by Gasteiger charge is -2.15. The summed E-state index contributed by atoms with van der Waals surface area (Å²) in [5, 5.41) is 1.20. The van der Waals surface area contributed by atoms with Crippen molar-refractivity contribution < 1.29 is 13.6 Å². The molecule has 0 saturated carbocycles. The SMILES string of the molecule is CN(Cc1ccco1)C(=O)CSc1ncnc2c1sc1cccc(F)c12. The second-order valence-electron chi connectivity index (χ2n) is 5.69. The van der Waals surface area contributed by atoms with Gasteiger partial charge in [0.1, 0.15) is 22.9 Å². The molecule has 1 aromatic carbocycles. The van der Waals surface area contributed by atoms with E-state index in [1.807, 2.05) is 12.1 Å². The number of furan rings is 1. The van der Waals surface area contributed by atoms with E-state index < -0.39 is 0 Å². The van der Waals surface area contributed by atoms with Gasteiger partial charge in [-0.2, -0.15) is 0 Å². The molecule has 0 radical (unpaired) electrons. The van der Waals surface area contributed by atoms with Crippen LogP contribution >= 0.6 is 23.1 Å². The summed E-state index contributed by atoms with van der Waals surface area (Å²) >= 11 is 2.78. The van der Waals surface area contributed by atoms with Crippen molar-refractivity contribution in [3.05, 3.63) is 54.5 Å². The molecule has 0 bridgehead atoms. The van der Waals surface area contributed by atoms with E-state index in [0.29, 0.717) is 22.5 Å². The van der Waals surface area contributed by atoms with Gasteiger partial charge >= 0.3 is 0 Å². The first-order chi connectivity index (χ1) is 12.6. The second kappa shape index (κ2) is 7.05. The Balaban J connectivity index is 1.55. The van der Waals surface area contributed by atoms with Gasteiger partial charge in [0.15, 0.2) is 0 Å². The molecule has 4 rings (SSSR count). The van der Waals surface area contributed by atoms with Gasteiger partial charge in [-0.25, -0.2) is 14.4 Å². The van der Waals surface area contributed by atoms with E-state index in [1.165, 1.54) is 35.5 Å². The van der Waals surface area contributed by atoms with Crippen molar-refractivity contribution in [2.24, 2.45) is 0 Å². The Hall–Kier alpha value is -2.45. The van der Waals surface area contributed by atoms with Gasteiger partial charge in [-0.3, -0.25) is 4.79 Å². The number of thioether (sulfide) groups is 1. The molecular weight excluding hydrogens is 373 g/mol. The zero-order valence-electron chi connectivity index (χ0n) is 13.8. The number of halogens is 1. The number of benzene rings is 1. The molecule has 8 heteroatoms. The van der Waals surface area contributed by atoms with Gasteiger partial charge in [0, 0.05) is 11.7 Å². The molecule has 0 aliphatic heterocycles. The first-order valence-corrected chi connectivity index (χ1v) is 9.64. The number of carbonyl (C=O) groups excluding carboxylic acids is 1. The van der Waals surface area contributed by atoms with Crippen LogP contribution in [-0.4, -0.2) is 33.6 Å². The summed E-state index contributed by atoms with van der Waals surface area (Å²) in [7, 11) is 1.73. The largest absolute Gasteiger partial charge is 0.467 e. The van der Waals surface area contributed by atoms with Crippen molar-refractivity contribution in [1.82, 2.24) is 14.9 Å². The van der Waals surface area contributed by atoms with Gasteiger partial charge in [0.25, 0.3) is 0 Å². The van der Waals surface area contributed by atoms with Crippen LogP contribution in [0, 0.1) is 5.82 Å². The molecule has 26 heavy (non-hydrogen) atoms. The van der Waals surface area contributed by atoms with E-state index in [1.54, 1.807) is 30.3 Å². The Bertz CT molecular complexity index is 1080. The van der Waals surface area contributed by atoms with Crippen LogP contribution in [0.2, 0.25) is 0 Å². The number of hydrogen-bond acceptors (Lipinski definition) is 6. The molecule has 0 saturated heterocycles. The minimum Gasteiger partial charge on any atom is -0.467 e. The van der Waals surface area contributed by atoms with Gasteiger partial charge < -0.3 is 9.32 Å². The van der Waals surface area contributed by atoms with E-state index in [0.717, 1.165) is 15.2 Å². The highest BCUT2D eigenvalue weighted by molar-refractivity contribution is 8.00. The quantitative estimate of drug-likeness (QED) is 0.377. The summed E-state index contributed by atoms with van der Waals surface area (Å²) in [6.07, 6.45) is 3.00. The van der Waals surface area contributed by atoms with Crippen molar-refractivity contribution >= 4 is 49.3 Å². The zero-order valence-corrected chi connectivity index (χ0v) is 15.4. The summed E-state index contributed by atoms with van der Waals surface area (Å²) in [6.45, 7) is 0.416. The molecule has 5 nitrogen and oxygen atoms in total. The van der Waals surface area contributed by atoms with Crippen molar-refractivity contribution in [3.8, 4) is 0 Å². The van der Waals surface area contributed by atoms with Crippen molar-refractivity contribution in [2.45, 2.75) is 11.6 Å². The Labute approximate surface area is 156 Å². The summed E-state index contributed by atoms with van der Waals surface area (Å²) in [4.78, 5) is 22.5. The number of rotatable bonds is 5. The fourth-order valence-electron chi connectivity index (χ4n) is 2.62. The maximum absolute atomic E-state index is 14.2. The lowest BCUT2D eigenvalue weighted by atomic mass is 10.2. The third kappa shape index (κ3) is 3.17. The number of amides is 1. The average Bonchev–Trinajstić information content (AvgIpc) is 3.27. The number of nitrogens with zero attached hydrogens (tertiary/aromatic N) is 3. The predicted octanol–water partition coefficient (Wildman–Crippen LogP) is 4.33. The van der Waals surface area contributed by atoms with Crippen LogP contribution in [0.15, 0.2) is 52.4 Å². The molecule has 0 unspecified atom stereocenters. The molecule has 1 amide bonds. The van der Waals surface area contributed by atoms with Crippen LogP contribution in [0.3, 0.4) is 0 Å². The molecule has 0 aliphatic rings. The number of carbonyl (C=O) groups is 1. The zero-order chi connectivity index (χ0) is 18.1. The summed E-state index contributed by atoms with van der Waals surface area (Å²) in [6, 6.07) is 8.59. The summed E-state index contributed by atoms with van der Waals surface area (Å²) in [5.41, 5.74) is 0.594. The Morgan fingerprint density at radius 2 is 2.19 bits per heavy atom. The smallest absolute Gasteiger partial charge is 0.233 e. The third-order valence-electron chi connectivity index (χ3n) is 3.93. The number of thiophene rings is 1. The minimum absolute atomic E-state index is 0.0366. The van der Waals surface area contributed by atoms with Crippen LogP contribution in [0.5, 0.6) is 0 Å². The Kier molecular flexibility index (Phi) is 4.60. The highest BCUT2D eigenvalue weighted by Gasteiger charge is 2.17. The molecule has 3 heterocycles. The van der Waals surface area contributed by atoms with E-state index in [2.05, 4.69) is 9.97 Å². The van der Waals surface area contributed by atoms with Crippen molar-refractivity contribution in [2.75, 3.05) is 12.8 Å². The summed E-state index contributed by atoms with van der Waals surface area (Å²) < 4.78 is 21.0. The maximum Gasteiger partial charge on any atom is 0.233 e. The fourth-order valence-corrected chi connectivity index (χ4v) is 4.81. The molecule has 0 atom stereocenters. The highest BCUT2D eigenvalue weighted by atomic mass is 32.2. The molecular formula is C18H14FN3O2S2. The molecule has 132 valence electrons. The molecule has 4 aromatic rings. The molecule has 0 aliphatic carbocycles. The normalized spacial score (nSPS) is 11.3. The predicted molar refractivity (Wildman–Crippen MR) is 101 cm³/mol. The van der Waals surface area contributed by atoms with Gasteiger partial charge in [-0.15, -0.1) is 11.3 Å². The topological polar surface area (TPSA) is 59.2 Å². The maximum atomic E-state index is 14.2. The van der Waals surface area contributed by atoms with Crippen molar-refractivity contribution in [1.29, 1.82) is 0 Å². The van der Waals surface area contributed by atoms with E-state index in [4.69, 9.17) is 4.42 Å². The average molecular weight is 387 g/mol. The second-order valence-corrected chi connectivity index (χ2v) is 7.71. The Morgan fingerprint density at radius 3 is 3.00 bits per heavy atom. The standard InChI is InChI=1S/C18H14FN3O2S2/c1-22(8-11-4-3-7-24-11)14(23)9-25-18-17-16(20-10-21-18)15-12(19)5-2-6-13(15)26-17/h2-7,10H,8-9H2,1H3. The van der Waals surface area contributed by atoms with Crippen LogP contribution in [-0.2, 0) is 11.3 Å². The minimum atomic E-state index is -0.294. The van der Waals surface area contributed by atoms with Crippen LogP contribution in [0.4, 0.5) is 4.39 Å². The Morgan fingerprint density at radius 1 is 1.31 bits per heavy atom. The third-order valence-corrected chi connectivity index (χ3v) is 6.18. The summed E-state index contributed by atoms with van der Waals surface area (Å²) in [5.74, 6) is 0.637. The molecule has 0 N–H and O–H groups in total. The number of aromatic nitrogens is 2. The van der Waals surface area contributed by atoms with Gasteiger partial charge in [0.05, 0.1) is 34.2 Å². The fraction of sp³-hybridized carbons (Fsp3) is 0.167. The van der Waals surface area contributed by atoms with Crippen molar-refractivity contribution in [3.63, 3.8) is 0 Å². The van der Waals surface area contributed by atoms with Gasteiger partial charge in [-0.05, 0) is 24.3 Å². The number of hydrogen-bond donors (Lipinski definition) is 0. The highest BCUT2D eigenvalue weighted by Crippen LogP contribution is 2.38. The van der Waals surface area contributed by atoms with Crippen LogP contribution in [0.1, 0.15) is 5.76 Å². The molecule has 0 spiro atoms. The number of fused-ring (bicyclic) bond motifs is 3. The lowest BCUT2D eigenvalue weighted by molar-refractivity contribution is -0.127. The van der Waals surface area contributed by atoms with Gasteiger partial charge in [-0.1, -0.05) is 17.8 Å². The van der Waals surface area contributed by atoms with E-state index >= 15 is 0 Å². The van der Waals surface area contributed by atoms with Crippen LogP contribution < -0.4 is 0 Å². The van der Waals surface area contributed by atoms with E-state index in [9.17, 15) is 9.18 Å². The van der Waals surface area contributed by atoms with Gasteiger partial charge in [0.2, 0.25) is 5.91 Å². The first-order valence-electron chi connectivity index (χ1n) is 7.84. The molecule has 3 aromatic heterocycles. The first kappa shape index (κ1) is 17.0. The van der Waals surface area contributed by atoms with Crippen LogP contribution in [0.25, 0.3) is 20.3 Å². The lowest BCUT2D eigenvalue weighted by Crippen LogP contribution is -2.27. The monoisotopic (exact) mass is 387 g/mol. The molecule has 0 fully saturated rings. The van der Waals surface area contributed by atoms with E-state index in [-0.39, 0.29) is 17.5 Å².